The minimum absolute atomic E-state index is 0.409. The Bertz CT molecular complexity index is 607. The van der Waals surface area contributed by atoms with Crippen molar-refractivity contribution in [2.45, 2.75) is 24.4 Å². The largest absolute Gasteiger partial charge is 0.411 e. The second-order valence-electron chi connectivity index (χ2n) is 4.21. The average Bonchev–Trinajstić information content (AvgIpc) is 2.61. The summed E-state index contributed by atoms with van der Waals surface area (Å²) in [5.74, 6) is -4.28. The van der Waals surface area contributed by atoms with Crippen LogP contribution in [0.25, 0.3) is 0 Å². The van der Waals surface area contributed by atoms with Crippen LogP contribution in [-0.2, 0) is 4.74 Å². The number of nitrogens with zero attached hydrogens (tertiary/aromatic N) is 2. The molecule has 0 unspecified atom stereocenters. The van der Waals surface area contributed by atoms with E-state index in [1.54, 1.807) is 0 Å². The van der Waals surface area contributed by atoms with Crippen LogP contribution in [0.15, 0.2) is 17.1 Å². The van der Waals surface area contributed by atoms with Crippen LogP contribution in [0.5, 0.6) is 5.88 Å². The molecule has 116 valence electrons. The Morgan fingerprint density at radius 3 is 2.76 bits per heavy atom. The zero-order valence-corrected chi connectivity index (χ0v) is 10.3. The third kappa shape index (κ3) is 2.70. The van der Waals surface area contributed by atoms with Crippen molar-refractivity contribution in [2.75, 3.05) is 6.61 Å². The van der Waals surface area contributed by atoms with Gasteiger partial charge in [0.05, 0.1) is 6.61 Å². The number of aliphatic hydroxyl groups is 2. The van der Waals surface area contributed by atoms with Gasteiger partial charge in [-0.25, -0.2) is 9.59 Å². The van der Waals surface area contributed by atoms with E-state index in [9.17, 15) is 23.5 Å². The van der Waals surface area contributed by atoms with Crippen LogP contribution in [0.3, 0.4) is 0 Å². The molecule has 3 atom stereocenters. The third-order valence-electron chi connectivity index (χ3n) is 2.82. The molecule has 1 aromatic heterocycles. The average molecular weight is 307 g/mol. The molecular weight excluding hydrogens is 296 g/mol. The highest BCUT2D eigenvalue weighted by Gasteiger charge is 2.59. The molecule has 0 saturated carbocycles. The number of primary amides is 1. The molecule has 1 fully saturated rings. The van der Waals surface area contributed by atoms with Gasteiger partial charge >= 0.3 is 17.7 Å². The maximum Gasteiger partial charge on any atom is 0.411 e. The Hall–Kier alpha value is -2.11. The van der Waals surface area contributed by atoms with E-state index in [0.29, 0.717) is 4.57 Å². The van der Waals surface area contributed by atoms with E-state index in [2.05, 4.69) is 9.72 Å². The number of hydrogen-bond acceptors (Lipinski definition) is 7. The topological polar surface area (TPSA) is 137 Å². The Kier molecular flexibility index (Phi) is 3.89. The number of rotatable bonds is 3. The monoisotopic (exact) mass is 307 g/mol. The Balaban J connectivity index is 2.34. The van der Waals surface area contributed by atoms with E-state index >= 15 is 0 Å². The van der Waals surface area contributed by atoms with Crippen molar-refractivity contribution in [3.05, 3.63) is 22.7 Å². The first-order valence-electron chi connectivity index (χ1n) is 5.66. The van der Waals surface area contributed by atoms with Crippen LogP contribution in [0.2, 0.25) is 0 Å². The maximum atomic E-state index is 13.8. The number of alkyl halides is 2. The molecule has 0 radical (unpaired) electrons. The van der Waals surface area contributed by atoms with Crippen molar-refractivity contribution < 1.29 is 33.3 Å². The molecule has 1 aliphatic rings. The van der Waals surface area contributed by atoms with E-state index in [1.165, 1.54) is 0 Å². The summed E-state index contributed by atoms with van der Waals surface area (Å²) in [6.45, 7) is -0.849. The van der Waals surface area contributed by atoms with Crippen LogP contribution in [-0.4, -0.2) is 50.6 Å². The van der Waals surface area contributed by atoms with E-state index in [4.69, 9.17) is 15.6 Å². The van der Waals surface area contributed by atoms with Gasteiger partial charge in [0.2, 0.25) is 12.1 Å². The second-order valence-corrected chi connectivity index (χ2v) is 4.21. The quantitative estimate of drug-likeness (QED) is 0.623. The van der Waals surface area contributed by atoms with Gasteiger partial charge in [0.15, 0.2) is 6.10 Å². The SMILES string of the molecule is NC(=O)Oc1ccn([C@@H]2O[C@H](CO)[C@@H](O)C2(F)F)c(=O)n1. The summed E-state index contributed by atoms with van der Waals surface area (Å²) in [5, 5.41) is 18.2. The fourth-order valence-electron chi connectivity index (χ4n) is 1.85. The summed E-state index contributed by atoms with van der Waals surface area (Å²) >= 11 is 0. The van der Waals surface area contributed by atoms with Gasteiger partial charge in [0.25, 0.3) is 0 Å². The third-order valence-corrected chi connectivity index (χ3v) is 2.82. The number of carbonyl (C=O) groups excluding carboxylic acids is 1. The van der Waals surface area contributed by atoms with Gasteiger partial charge in [-0.3, -0.25) is 4.57 Å². The summed E-state index contributed by atoms with van der Waals surface area (Å²) in [6, 6.07) is 0.949. The lowest BCUT2D eigenvalue weighted by atomic mass is 10.1. The first-order chi connectivity index (χ1) is 9.77. The van der Waals surface area contributed by atoms with Gasteiger partial charge < -0.3 is 25.4 Å². The molecular formula is C10H11F2N3O6. The molecule has 21 heavy (non-hydrogen) atoms. The summed E-state index contributed by atoms with van der Waals surface area (Å²) in [5.41, 5.74) is 3.51. The van der Waals surface area contributed by atoms with E-state index in [1.807, 2.05) is 0 Å². The molecule has 2 heterocycles. The minimum Gasteiger partial charge on any atom is -0.394 e. The number of aliphatic hydroxyl groups excluding tert-OH is 2. The van der Waals surface area contributed by atoms with Crippen LogP contribution < -0.4 is 16.2 Å². The number of halogens is 2. The normalized spacial score (nSPS) is 27.5. The number of aromatic nitrogens is 2. The molecule has 11 heteroatoms. The molecule has 1 aromatic rings. The predicted octanol–water partition coefficient (Wildman–Crippen LogP) is -1.41. The molecule has 9 nitrogen and oxygen atoms in total. The molecule has 1 saturated heterocycles. The summed E-state index contributed by atoms with van der Waals surface area (Å²) in [6.07, 6.45) is -6.34. The van der Waals surface area contributed by atoms with Gasteiger partial charge in [-0.2, -0.15) is 13.8 Å². The van der Waals surface area contributed by atoms with Gasteiger partial charge in [-0.05, 0) is 0 Å². The number of amides is 1. The van der Waals surface area contributed by atoms with Crippen molar-refractivity contribution in [2.24, 2.45) is 5.73 Å². The Labute approximate surface area is 115 Å². The van der Waals surface area contributed by atoms with Gasteiger partial charge in [0, 0.05) is 12.3 Å². The van der Waals surface area contributed by atoms with Crippen LogP contribution in [0.4, 0.5) is 13.6 Å². The number of hydrogen-bond donors (Lipinski definition) is 3. The standard InChI is InChI=1S/C10H11F2N3O6/c11-10(12)6(17)4(3-16)20-7(10)15-2-1-5(14-9(15)19)21-8(13)18/h1-2,4,6-7,16-17H,3H2,(H2,13,18)/t4-,6-,7-/m1/s1. The van der Waals surface area contributed by atoms with Crippen LogP contribution in [0.1, 0.15) is 6.23 Å². The fraction of sp³-hybridized carbons (Fsp3) is 0.500. The summed E-state index contributed by atoms with van der Waals surface area (Å²) in [7, 11) is 0. The fourth-order valence-corrected chi connectivity index (χ4v) is 1.85. The Morgan fingerprint density at radius 1 is 1.62 bits per heavy atom. The molecule has 0 spiro atoms. The summed E-state index contributed by atoms with van der Waals surface area (Å²) < 4.78 is 37.2. The van der Waals surface area contributed by atoms with Gasteiger partial charge in [0.1, 0.15) is 6.10 Å². The Morgan fingerprint density at radius 2 is 2.29 bits per heavy atom. The zero-order valence-electron chi connectivity index (χ0n) is 10.3. The number of ether oxygens (including phenoxy) is 2. The van der Waals surface area contributed by atoms with E-state index < -0.39 is 48.6 Å². The zero-order chi connectivity index (χ0) is 15.8. The second kappa shape index (κ2) is 5.35. The van der Waals surface area contributed by atoms with Gasteiger partial charge in [-0.15, -0.1) is 0 Å². The molecule has 0 aromatic carbocycles. The molecule has 2 rings (SSSR count). The first-order valence-corrected chi connectivity index (χ1v) is 5.66. The first kappa shape index (κ1) is 15.3. The van der Waals surface area contributed by atoms with Crippen LogP contribution >= 0.6 is 0 Å². The lowest BCUT2D eigenvalue weighted by Gasteiger charge is -2.20. The van der Waals surface area contributed by atoms with E-state index in [-0.39, 0.29) is 0 Å². The highest BCUT2D eigenvalue weighted by Crippen LogP contribution is 2.41. The van der Waals surface area contributed by atoms with Crippen LogP contribution in [0, 0.1) is 0 Å². The molecule has 0 aliphatic carbocycles. The van der Waals surface area contributed by atoms with Crippen molar-refractivity contribution >= 4 is 6.09 Å². The lowest BCUT2D eigenvalue weighted by Crippen LogP contribution is -2.41. The van der Waals surface area contributed by atoms with Crippen molar-refractivity contribution in [1.82, 2.24) is 9.55 Å². The van der Waals surface area contributed by atoms with Gasteiger partial charge in [-0.1, -0.05) is 0 Å². The van der Waals surface area contributed by atoms with Crippen molar-refractivity contribution in [1.29, 1.82) is 0 Å². The minimum atomic E-state index is -3.81. The maximum absolute atomic E-state index is 13.8. The summed E-state index contributed by atoms with van der Waals surface area (Å²) in [4.78, 5) is 25.4. The highest BCUT2D eigenvalue weighted by molar-refractivity contribution is 5.67. The number of nitrogens with two attached hydrogens (primary N) is 1. The highest BCUT2D eigenvalue weighted by atomic mass is 19.3. The molecule has 1 aliphatic heterocycles. The van der Waals surface area contributed by atoms with E-state index in [0.717, 1.165) is 12.3 Å². The number of carbonyl (C=O) groups is 1. The lowest BCUT2D eigenvalue weighted by molar-refractivity contribution is -0.141. The van der Waals surface area contributed by atoms with Crippen molar-refractivity contribution in [3.8, 4) is 5.88 Å². The molecule has 0 bridgehead atoms. The smallest absolute Gasteiger partial charge is 0.394 e. The molecule has 1 amide bonds. The predicted molar refractivity (Wildman–Crippen MR) is 60.7 cm³/mol. The molecule has 4 N–H and O–H groups in total. The van der Waals surface area contributed by atoms with Crippen molar-refractivity contribution in [3.63, 3.8) is 0 Å².